The first kappa shape index (κ1) is 16.2. The summed E-state index contributed by atoms with van der Waals surface area (Å²) < 4.78 is 6.50. The predicted octanol–water partition coefficient (Wildman–Crippen LogP) is 2.78. The molecule has 0 atom stereocenters. The number of aromatic nitrogens is 2. The first-order chi connectivity index (χ1) is 9.21. The summed E-state index contributed by atoms with van der Waals surface area (Å²) in [6.07, 6.45) is 2.76. The van der Waals surface area contributed by atoms with Crippen LogP contribution < -0.4 is 10.1 Å². The van der Waals surface area contributed by atoms with Crippen LogP contribution in [0.1, 0.15) is 27.2 Å². The van der Waals surface area contributed by atoms with E-state index in [-0.39, 0.29) is 0 Å². The molecule has 5 nitrogen and oxygen atoms in total. The van der Waals surface area contributed by atoms with Gasteiger partial charge in [-0.1, -0.05) is 20.8 Å². The molecule has 6 heteroatoms. The molecule has 0 aromatic carbocycles. The Labute approximate surface area is 123 Å². The van der Waals surface area contributed by atoms with Crippen LogP contribution in [0.5, 0.6) is 5.88 Å². The zero-order valence-electron chi connectivity index (χ0n) is 11.9. The number of rotatable bonds is 9. The van der Waals surface area contributed by atoms with Crippen LogP contribution in [0.25, 0.3) is 0 Å². The highest BCUT2D eigenvalue weighted by molar-refractivity contribution is 9.10. The van der Waals surface area contributed by atoms with Gasteiger partial charge in [-0.3, -0.25) is 0 Å². The average Bonchev–Trinajstić information content (AvgIpc) is 2.44. The van der Waals surface area contributed by atoms with E-state index in [1.165, 1.54) is 0 Å². The van der Waals surface area contributed by atoms with Crippen molar-refractivity contribution in [3.8, 4) is 5.88 Å². The van der Waals surface area contributed by atoms with Crippen molar-refractivity contribution in [1.82, 2.24) is 14.9 Å². The molecule has 0 spiro atoms. The minimum Gasteiger partial charge on any atom is -0.475 e. The van der Waals surface area contributed by atoms with E-state index < -0.39 is 0 Å². The molecule has 0 unspecified atom stereocenters. The molecule has 0 fully saturated rings. The van der Waals surface area contributed by atoms with E-state index in [1.54, 1.807) is 6.20 Å². The van der Waals surface area contributed by atoms with Gasteiger partial charge in [0.2, 0.25) is 11.8 Å². The minimum absolute atomic E-state index is 0.598. The van der Waals surface area contributed by atoms with E-state index in [1.807, 2.05) is 0 Å². The largest absolute Gasteiger partial charge is 0.475 e. The fraction of sp³-hybridized carbons (Fsp3) is 0.692. The van der Waals surface area contributed by atoms with Crippen LogP contribution in [0.3, 0.4) is 0 Å². The molecule has 1 rings (SSSR count). The molecule has 1 heterocycles. The van der Waals surface area contributed by atoms with Gasteiger partial charge in [0.05, 0.1) is 10.7 Å². The first-order valence-electron chi connectivity index (χ1n) is 6.82. The van der Waals surface area contributed by atoms with Crippen LogP contribution >= 0.6 is 15.9 Å². The van der Waals surface area contributed by atoms with Gasteiger partial charge in [0.25, 0.3) is 0 Å². The van der Waals surface area contributed by atoms with Crippen LogP contribution in [0.2, 0.25) is 0 Å². The second-order valence-corrected chi connectivity index (χ2v) is 5.00. The summed E-state index contributed by atoms with van der Waals surface area (Å²) in [5.74, 6) is 1.21. The topological polar surface area (TPSA) is 50.3 Å². The van der Waals surface area contributed by atoms with Crippen LogP contribution in [0.4, 0.5) is 5.95 Å². The summed E-state index contributed by atoms with van der Waals surface area (Å²) in [6.45, 7) is 10.9. The lowest BCUT2D eigenvalue weighted by Crippen LogP contribution is -2.28. The predicted molar refractivity (Wildman–Crippen MR) is 81.8 cm³/mol. The van der Waals surface area contributed by atoms with E-state index in [0.717, 1.165) is 37.1 Å². The fourth-order valence-electron chi connectivity index (χ4n) is 1.59. The Balaban J connectivity index is 2.51. The molecular formula is C13H23BrN4O. The quantitative estimate of drug-likeness (QED) is 0.754. The van der Waals surface area contributed by atoms with Gasteiger partial charge < -0.3 is 15.0 Å². The molecule has 0 saturated heterocycles. The molecular weight excluding hydrogens is 308 g/mol. The number of anilines is 1. The first-order valence-corrected chi connectivity index (χ1v) is 7.62. The summed E-state index contributed by atoms with van der Waals surface area (Å²) in [7, 11) is 0. The van der Waals surface area contributed by atoms with Gasteiger partial charge in [-0.05, 0) is 35.4 Å². The van der Waals surface area contributed by atoms with E-state index in [4.69, 9.17) is 4.74 Å². The van der Waals surface area contributed by atoms with Gasteiger partial charge >= 0.3 is 0 Å². The van der Waals surface area contributed by atoms with E-state index in [0.29, 0.717) is 18.4 Å². The number of nitrogens with zero attached hydrogens (tertiary/aromatic N) is 3. The molecule has 0 amide bonds. The van der Waals surface area contributed by atoms with E-state index >= 15 is 0 Å². The van der Waals surface area contributed by atoms with Gasteiger partial charge in [-0.2, -0.15) is 4.98 Å². The Kier molecular flexibility index (Phi) is 7.74. The Morgan fingerprint density at radius 1 is 1.32 bits per heavy atom. The van der Waals surface area contributed by atoms with Gasteiger partial charge in [0.15, 0.2) is 0 Å². The molecule has 1 N–H and O–H groups in total. The highest BCUT2D eigenvalue weighted by Gasteiger charge is 2.07. The third-order valence-electron chi connectivity index (χ3n) is 2.79. The Hall–Kier alpha value is -0.880. The molecule has 0 bridgehead atoms. The molecule has 108 valence electrons. The van der Waals surface area contributed by atoms with Crippen molar-refractivity contribution in [2.75, 3.05) is 38.1 Å². The van der Waals surface area contributed by atoms with Gasteiger partial charge in [-0.25, -0.2) is 4.98 Å². The Bertz CT molecular complexity index is 372. The smallest absolute Gasteiger partial charge is 0.232 e. The van der Waals surface area contributed by atoms with Crippen LogP contribution in [0.15, 0.2) is 10.7 Å². The monoisotopic (exact) mass is 330 g/mol. The number of nitrogens with one attached hydrogen (secondary N) is 1. The highest BCUT2D eigenvalue weighted by Crippen LogP contribution is 2.22. The zero-order chi connectivity index (χ0) is 14.1. The van der Waals surface area contributed by atoms with Crippen molar-refractivity contribution in [1.29, 1.82) is 0 Å². The number of ether oxygens (including phenoxy) is 1. The third kappa shape index (κ3) is 5.74. The normalized spacial score (nSPS) is 10.8. The zero-order valence-corrected chi connectivity index (χ0v) is 13.5. The molecule has 0 saturated carbocycles. The van der Waals surface area contributed by atoms with Crippen molar-refractivity contribution in [3.05, 3.63) is 10.7 Å². The molecule has 1 aromatic heterocycles. The van der Waals surface area contributed by atoms with Crippen molar-refractivity contribution in [3.63, 3.8) is 0 Å². The van der Waals surface area contributed by atoms with Gasteiger partial charge in [0.1, 0.15) is 6.61 Å². The van der Waals surface area contributed by atoms with Crippen molar-refractivity contribution in [2.24, 2.45) is 0 Å². The van der Waals surface area contributed by atoms with Crippen LogP contribution in [-0.4, -0.2) is 47.7 Å². The third-order valence-corrected chi connectivity index (χ3v) is 3.33. The average molecular weight is 331 g/mol. The van der Waals surface area contributed by atoms with Crippen molar-refractivity contribution < 1.29 is 4.74 Å². The number of likely N-dealkylation sites (N-methyl/N-ethyl adjacent to an activating group) is 1. The van der Waals surface area contributed by atoms with Crippen LogP contribution in [0, 0.1) is 0 Å². The molecule has 0 aliphatic carbocycles. The molecule has 0 aliphatic rings. The molecule has 1 aromatic rings. The summed E-state index contributed by atoms with van der Waals surface area (Å²) in [6, 6.07) is 0. The maximum Gasteiger partial charge on any atom is 0.232 e. The highest BCUT2D eigenvalue weighted by atomic mass is 79.9. The fourth-order valence-corrected chi connectivity index (χ4v) is 1.89. The lowest BCUT2D eigenvalue weighted by molar-refractivity contribution is 0.217. The summed E-state index contributed by atoms with van der Waals surface area (Å²) in [4.78, 5) is 10.9. The summed E-state index contributed by atoms with van der Waals surface area (Å²) in [5.41, 5.74) is 0. The Morgan fingerprint density at radius 2 is 2.05 bits per heavy atom. The molecule has 0 radical (unpaired) electrons. The molecule has 19 heavy (non-hydrogen) atoms. The van der Waals surface area contributed by atoms with Gasteiger partial charge in [-0.15, -0.1) is 0 Å². The van der Waals surface area contributed by atoms with Gasteiger partial charge in [0, 0.05) is 13.1 Å². The SMILES string of the molecule is CCCNc1ncc(Br)c(OCCN(CC)CC)n1. The standard InChI is InChI=1S/C13H23BrN4O/c1-4-7-15-13-16-10-11(14)12(17-13)19-9-8-18(5-2)6-3/h10H,4-9H2,1-3H3,(H,15,16,17). The Morgan fingerprint density at radius 3 is 2.68 bits per heavy atom. The van der Waals surface area contributed by atoms with E-state index in [9.17, 15) is 0 Å². The van der Waals surface area contributed by atoms with Crippen molar-refractivity contribution in [2.45, 2.75) is 27.2 Å². The maximum absolute atomic E-state index is 5.71. The lowest BCUT2D eigenvalue weighted by atomic mass is 10.5. The second kappa shape index (κ2) is 9.09. The number of hydrogen-bond donors (Lipinski definition) is 1. The second-order valence-electron chi connectivity index (χ2n) is 4.15. The van der Waals surface area contributed by atoms with E-state index in [2.05, 4.69) is 56.9 Å². The number of hydrogen-bond acceptors (Lipinski definition) is 5. The van der Waals surface area contributed by atoms with Crippen molar-refractivity contribution >= 4 is 21.9 Å². The molecule has 0 aliphatic heterocycles. The van der Waals surface area contributed by atoms with Crippen LogP contribution in [-0.2, 0) is 0 Å². The number of halogens is 1. The maximum atomic E-state index is 5.71. The summed E-state index contributed by atoms with van der Waals surface area (Å²) in [5, 5.41) is 3.15. The minimum atomic E-state index is 0.598. The lowest BCUT2D eigenvalue weighted by Gasteiger charge is -2.18. The summed E-state index contributed by atoms with van der Waals surface area (Å²) >= 11 is 3.41.